The second-order valence-corrected chi connectivity index (χ2v) is 5.31. The van der Waals surface area contributed by atoms with Crippen LogP contribution in [0.15, 0.2) is 0 Å². The summed E-state index contributed by atoms with van der Waals surface area (Å²) in [5, 5.41) is 0. The number of thiocarbonyl (C=S) groups is 1. The Kier molecular flexibility index (Phi) is 3.07. The number of rotatable bonds is 3. The fourth-order valence-corrected chi connectivity index (χ4v) is 3.51. The van der Waals surface area contributed by atoms with Gasteiger partial charge in [0.15, 0.2) is 0 Å². The monoisotopic (exact) mass is 212 g/mol. The quantitative estimate of drug-likeness (QED) is 0.726. The molecule has 2 bridgehead atoms. The lowest BCUT2D eigenvalue weighted by molar-refractivity contribution is 0.0986. The van der Waals surface area contributed by atoms with Gasteiger partial charge in [-0.25, -0.2) is 0 Å². The number of hydrogen-bond acceptors (Lipinski definition) is 2. The van der Waals surface area contributed by atoms with Gasteiger partial charge in [-0.2, -0.15) is 0 Å². The van der Waals surface area contributed by atoms with Crippen molar-refractivity contribution in [1.82, 2.24) is 4.90 Å². The summed E-state index contributed by atoms with van der Waals surface area (Å²) in [7, 11) is 0. The molecular weight excluding hydrogens is 192 g/mol. The molecular formula is C11H20N2S. The Morgan fingerprint density at radius 1 is 1.36 bits per heavy atom. The van der Waals surface area contributed by atoms with Crippen molar-refractivity contribution in [3.63, 3.8) is 0 Å². The van der Waals surface area contributed by atoms with E-state index in [4.69, 9.17) is 18.0 Å². The molecule has 0 amide bonds. The van der Waals surface area contributed by atoms with Crippen LogP contribution in [0.2, 0.25) is 0 Å². The topological polar surface area (TPSA) is 29.3 Å². The largest absolute Gasteiger partial charge is 0.393 e. The van der Waals surface area contributed by atoms with Crippen molar-refractivity contribution in [3.05, 3.63) is 0 Å². The molecule has 0 aliphatic carbocycles. The normalized spacial score (nSPS) is 34.4. The van der Waals surface area contributed by atoms with Crippen LogP contribution in [0.1, 0.15) is 45.4 Å². The van der Waals surface area contributed by atoms with Gasteiger partial charge in [-0.15, -0.1) is 0 Å². The zero-order chi connectivity index (χ0) is 10.1. The van der Waals surface area contributed by atoms with Crippen LogP contribution >= 0.6 is 12.2 Å². The summed E-state index contributed by atoms with van der Waals surface area (Å²) >= 11 is 4.99. The zero-order valence-electron chi connectivity index (χ0n) is 8.91. The minimum absolute atomic E-state index is 0.560. The fraction of sp³-hybridized carbons (Fsp3) is 0.909. The number of fused-ring (bicyclic) bond motifs is 2. The first kappa shape index (κ1) is 10.4. The predicted octanol–water partition coefficient (Wildman–Crippen LogP) is 2.07. The van der Waals surface area contributed by atoms with Crippen molar-refractivity contribution >= 4 is 17.2 Å². The molecule has 2 aliphatic rings. The van der Waals surface area contributed by atoms with Crippen molar-refractivity contribution in [2.45, 2.75) is 63.6 Å². The second kappa shape index (κ2) is 4.15. The van der Waals surface area contributed by atoms with Crippen molar-refractivity contribution in [1.29, 1.82) is 0 Å². The zero-order valence-corrected chi connectivity index (χ0v) is 9.72. The lowest BCUT2D eigenvalue weighted by atomic mass is 9.99. The fourth-order valence-electron chi connectivity index (χ4n) is 3.27. The van der Waals surface area contributed by atoms with Gasteiger partial charge in [-0.3, -0.25) is 4.90 Å². The molecule has 2 saturated heterocycles. The number of piperidine rings is 1. The summed E-state index contributed by atoms with van der Waals surface area (Å²) in [6, 6.07) is 2.22. The van der Waals surface area contributed by atoms with E-state index < -0.39 is 0 Å². The maximum absolute atomic E-state index is 5.62. The lowest BCUT2D eigenvalue weighted by Crippen LogP contribution is -2.46. The molecule has 2 fully saturated rings. The highest BCUT2D eigenvalue weighted by molar-refractivity contribution is 7.80. The summed E-state index contributed by atoms with van der Waals surface area (Å²) in [4.78, 5) is 3.35. The van der Waals surface area contributed by atoms with Gasteiger partial charge in [0.2, 0.25) is 0 Å². The summed E-state index contributed by atoms with van der Waals surface area (Å²) in [5.74, 6) is 0. The molecule has 14 heavy (non-hydrogen) atoms. The second-order valence-electron chi connectivity index (χ2n) is 4.78. The van der Waals surface area contributed by atoms with Crippen LogP contribution in [0.4, 0.5) is 0 Å². The molecule has 0 aromatic heterocycles. The van der Waals surface area contributed by atoms with Crippen LogP contribution in [0.25, 0.3) is 0 Å². The average Bonchev–Trinajstić information content (AvgIpc) is 2.36. The van der Waals surface area contributed by atoms with E-state index >= 15 is 0 Å². The highest BCUT2D eigenvalue weighted by Gasteiger charge is 2.38. The van der Waals surface area contributed by atoms with Gasteiger partial charge in [0.1, 0.15) is 0 Å². The Balaban J connectivity index is 1.99. The van der Waals surface area contributed by atoms with Crippen LogP contribution in [0.5, 0.6) is 0 Å². The first-order valence-corrected chi connectivity index (χ1v) is 6.15. The molecule has 3 atom stereocenters. The molecule has 2 nitrogen and oxygen atoms in total. The van der Waals surface area contributed by atoms with Gasteiger partial charge < -0.3 is 5.73 Å². The van der Waals surface area contributed by atoms with E-state index in [0.717, 1.165) is 18.5 Å². The number of nitrogens with two attached hydrogens (primary N) is 1. The van der Waals surface area contributed by atoms with E-state index in [2.05, 4.69) is 11.8 Å². The van der Waals surface area contributed by atoms with Crippen molar-refractivity contribution in [2.75, 3.05) is 0 Å². The van der Waals surface area contributed by atoms with E-state index in [1.54, 1.807) is 0 Å². The van der Waals surface area contributed by atoms with Crippen LogP contribution in [-0.4, -0.2) is 28.0 Å². The van der Waals surface area contributed by atoms with Gasteiger partial charge in [0.05, 0.1) is 4.99 Å². The Hall–Kier alpha value is -0.150. The molecule has 0 aromatic rings. The van der Waals surface area contributed by atoms with Crippen molar-refractivity contribution in [3.8, 4) is 0 Å². The first-order chi connectivity index (χ1) is 6.68. The lowest BCUT2D eigenvalue weighted by Gasteiger charge is -2.39. The van der Waals surface area contributed by atoms with Crippen LogP contribution < -0.4 is 5.73 Å². The standard InChI is InChI=1S/C11H20N2S/c1-8(7-11(12)14)13-9-3-2-4-10(13)6-5-9/h8-10H,2-7H2,1H3,(H2,12,14). The molecule has 2 N–H and O–H groups in total. The summed E-state index contributed by atoms with van der Waals surface area (Å²) in [6.07, 6.45) is 7.88. The van der Waals surface area contributed by atoms with Crippen molar-refractivity contribution in [2.24, 2.45) is 5.73 Å². The number of hydrogen-bond donors (Lipinski definition) is 1. The van der Waals surface area contributed by atoms with E-state index in [0.29, 0.717) is 11.0 Å². The van der Waals surface area contributed by atoms with Gasteiger partial charge in [0, 0.05) is 24.5 Å². The van der Waals surface area contributed by atoms with Crippen LogP contribution in [0, 0.1) is 0 Å². The molecule has 2 aliphatic heterocycles. The van der Waals surface area contributed by atoms with E-state index in [-0.39, 0.29) is 0 Å². The molecule has 80 valence electrons. The van der Waals surface area contributed by atoms with E-state index in [9.17, 15) is 0 Å². The molecule has 0 saturated carbocycles. The van der Waals surface area contributed by atoms with E-state index in [1.165, 1.54) is 32.1 Å². The third-order valence-corrected chi connectivity index (χ3v) is 3.92. The van der Waals surface area contributed by atoms with Gasteiger partial charge in [-0.1, -0.05) is 18.6 Å². The maximum Gasteiger partial charge on any atom is 0.0742 e. The van der Waals surface area contributed by atoms with Gasteiger partial charge >= 0.3 is 0 Å². The van der Waals surface area contributed by atoms with Crippen LogP contribution in [-0.2, 0) is 0 Å². The highest BCUT2D eigenvalue weighted by atomic mass is 32.1. The van der Waals surface area contributed by atoms with Crippen molar-refractivity contribution < 1.29 is 0 Å². The SMILES string of the molecule is CC(CC(N)=S)N1C2CCCC1CC2. The third-order valence-electron chi connectivity index (χ3n) is 3.76. The van der Waals surface area contributed by atoms with Gasteiger partial charge in [-0.05, 0) is 32.6 Å². The third kappa shape index (κ3) is 1.94. The molecule has 0 aromatic carbocycles. The maximum atomic E-state index is 5.62. The smallest absolute Gasteiger partial charge is 0.0742 e. The predicted molar refractivity (Wildman–Crippen MR) is 63.4 cm³/mol. The Bertz CT molecular complexity index is 213. The van der Waals surface area contributed by atoms with Crippen LogP contribution in [0.3, 0.4) is 0 Å². The minimum atomic E-state index is 0.560. The molecule has 0 spiro atoms. The minimum Gasteiger partial charge on any atom is -0.393 e. The first-order valence-electron chi connectivity index (χ1n) is 5.74. The summed E-state index contributed by atoms with van der Waals surface area (Å²) < 4.78 is 0. The Morgan fingerprint density at radius 3 is 2.43 bits per heavy atom. The Morgan fingerprint density at radius 2 is 1.93 bits per heavy atom. The molecule has 0 radical (unpaired) electrons. The molecule has 2 heterocycles. The summed E-state index contributed by atoms with van der Waals surface area (Å²) in [6.45, 7) is 2.27. The molecule has 2 rings (SSSR count). The average molecular weight is 212 g/mol. The van der Waals surface area contributed by atoms with E-state index in [1.807, 2.05) is 0 Å². The molecule has 3 unspecified atom stereocenters. The Labute approximate surface area is 91.8 Å². The molecule has 3 heteroatoms. The summed E-state index contributed by atoms with van der Waals surface area (Å²) in [5.41, 5.74) is 5.62. The highest BCUT2D eigenvalue weighted by Crippen LogP contribution is 2.37. The number of nitrogens with zero attached hydrogens (tertiary/aromatic N) is 1. The van der Waals surface area contributed by atoms with Gasteiger partial charge in [0.25, 0.3) is 0 Å².